The van der Waals surface area contributed by atoms with Gasteiger partial charge in [0.15, 0.2) is 0 Å². The molecule has 0 atom stereocenters. The van der Waals surface area contributed by atoms with Crippen molar-refractivity contribution in [2.24, 2.45) is 0 Å². The number of non-ortho nitro benzene ring substituents is 1. The minimum absolute atomic E-state index is 0.0632. The Hall–Kier alpha value is -1.99. The number of anilines is 1. The maximum absolute atomic E-state index is 10.8. The van der Waals surface area contributed by atoms with E-state index in [-0.39, 0.29) is 5.69 Å². The second-order valence-corrected chi connectivity index (χ2v) is 6.03. The third-order valence-electron chi connectivity index (χ3n) is 3.05. The molecule has 7 heteroatoms. The van der Waals surface area contributed by atoms with Gasteiger partial charge in [0.2, 0.25) is 0 Å². The monoisotopic (exact) mass is 307 g/mol. The van der Waals surface area contributed by atoms with Crippen molar-refractivity contribution in [3.05, 3.63) is 49.5 Å². The van der Waals surface area contributed by atoms with Crippen LogP contribution < -0.4 is 5.32 Å². The lowest BCUT2D eigenvalue weighted by Gasteiger charge is -2.11. The molecule has 1 N–H and O–H groups in total. The van der Waals surface area contributed by atoms with Crippen molar-refractivity contribution in [3.8, 4) is 0 Å². The molecule has 0 saturated heterocycles. The largest absolute Gasteiger partial charge is 0.380 e. The van der Waals surface area contributed by atoms with Crippen LogP contribution in [0.5, 0.6) is 0 Å². The Balaban J connectivity index is 2.18. The van der Waals surface area contributed by atoms with E-state index in [1.165, 1.54) is 17.0 Å². The number of hydrogen-bond acceptors (Lipinski definition) is 6. The van der Waals surface area contributed by atoms with Crippen LogP contribution in [0.3, 0.4) is 0 Å². The van der Waals surface area contributed by atoms with Gasteiger partial charge in [0, 0.05) is 35.4 Å². The van der Waals surface area contributed by atoms with Crippen molar-refractivity contribution < 1.29 is 9.66 Å². The van der Waals surface area contributed by atoms with Crippen LogP contribution in [-0.4, -0.2) is 17.0 Å². The van der Waals surface area contributed by atoms with Gasteiger partial charge in [-0.3, -0.25) is 10.1 Å². The second-order valence-electron chi connectivity index (χ2n) is 4.62. The number of nitro groups is 1. The van der Waals surface area contributed by atoms with Crippen molar-refractivity contribution in [2.45, 2.75) is 27.0 Å². The van der Waals surface area contributed by atoms with Crippen LogP contribution in [0.2, 0.25) is 0 Å². The van der Waals surface area contributed by atoms with Crippen LogP contribution >= 0.6 is 11.3 Å². The number of benzene rings is 1. The van der Waals surface area contributed by atoms with Crippen molar-refractivity contribution in [2.75, 3.05) is 12.4 Å². The summed E-state index contributed by atoms with van der Waals surface area (Å²) in [5.74, 6) is 0. The van der Waals surface area contributed by atoms with Crippen LogP contribution in [0, 0.1) is 24.0 Å². The number of thiazole rings is 1. The van der Waals surface area contributed by atoms with E-state index in [4.69, 9.17) is 4.74 Å². The second kappa shape index (κ2) is 6.64. The smallest absolute Gasteiger partial charge is 0.269 e. The summed E-state index contributed by atoms with van der Waals surface area (Å²) in [5, 5.41) is 15.1. The van der Waals surface area contributed by atoms with Gasteiger partial charge in [0.05, 0.1) is 28.8 Å². The van der Waals surface area contributed by atoms with Gasteiger partial charge in [-0.1, -0.05) is 0 Å². The van der Waals surface area contributed by atoms with Crippen LogP contribution in [0.15, 0.2) is 18.2 Å². The van der Waals surface area contributed by atoms with Gasteiger partial charge in [-0.15, -0.1) is 11.3 Å². The van der Waals surface area contributed by atoms with Crippen LogP contribution in [0.25, 0.3) is 0 Å². The first-order valence-corrected chi connectivity index (χ1v) is 7.26. The van der Waals surface area contributed by atoms with Crippen molar-refractivity contribution in [1.29, 1.82) is 0 Å². The van der Waals surface area contributed by atoms with E-state index in [1.54, 1.807) is 24.5 Å². The number of nitro benzene ring substituents is 1. The summed E-state index contributed by atoms with van der Waals surface area (Å²) in [6.07, 6.45) is 0. The molecule has 0 fully saturated rings. The van der Waals surface area contributed by atoms with Gasteiger partial charge in [0.1, 0.15) is 0 Å². The number of aromatic nitrogens is 1. The average molecular weight is 307 g/mol. The first-order chi connectivity index (χ1) is 10.0. The number of rotatable bonds is 6. The minimum Gasteiger partial charge on any atom is -0.380 e. The summed E-state index contributed by atoms with van der Waals surface area (Å²) in [5.41, 5.74) is 2.65. The molecule has 0 radical (unpaired) electrons. The van der Waals surface area contributed by atoms with E-state index in [2.05, 4.69) is 10.3 Å². The lowest BCUT2D eigenvalue weighted by Crippen LogP contribution is -2.05. The predicted molar refractivity (Wildman–Crippen MR) is 82.7 cm³/mol. The zero-order valence-electron chi connectivity index (χ0n) is 12.2. The van der Waals surface area contributed by atoms with E-state index in [0.717, 1.165) is 22.0 Å². The normalized spacial score (nSPS) is 10.6. The first kappa shape index (κ1) is 15.4. The third kappa shape index (κ3) is 3.77. The molecule has 0 amide bonds. The van der Waals surface area contributed by atoms with Gasteiger partial charge in [-0.05, 0) is 19.9 Å². The number of nitrogens with zero attached hydrogens (tertiary/aromatic N) is 2. The van der Waals surface area contributed by atoms with Crippen LogP contribution in [-0.2, 0) is 17.9 Å². The molecule has 0 bridgehead atoms. The fourth-order valence-electron chi connectivity index (χ4n) is 2.06. The number of nitrogens with one attached hydrogen (secondary N) is 1. The molecule has 0 aliphatic heterocycles. The highest BCUT2D eigenvalue weighted by atomic mass is 32.1. The molecule has 1 aromatic carbocycles. The molecule has 0 saturated carbocycles. The SMILES string of the molecule is COCc1cc([N+](=O)[O-])ccc1NCc1nc(C)sc1C. The topological polar surface area (TPSA) is 77.3 Å². The Kier molecular flexibility index (Phi) is 4.87. The van der Waals surface area contributed by atoms with E-state index in [9.17, 15) is 10.1 Å². The molecule has 112 valence electrons. The predicted octanol–water partition coefficient (Wildman–Crippen LogP) is 3.43. The third-order valence-corrected chi connectivity index (χ3v) is 3.97. The summed E-state index contributed by atoms with van der Waals surface area (Å²) < 4.78 is 5.11. The van der Waals surface area contributed by atoms with E-state index < -0.39 is 4.92 Å². The van der Waals surface area contributed by atoms with Crippen molar-refractivity contribution in [1.82, 2.24) is 4.98 Å². The lowest BCUT2D eigenvalue weighted by molar-refractivity contribution is -0.384. The highest BCUT2D eigenvalue weighted by molar-refractivity contribution is 7.11. The van der Waals surface area contributed by atoms with Gasteiger partial charge in [0.25, 0.3) is 5.69 Å². The standard InChI is InChI=1S/C14H17N3O3S/c1-9-14(16-10(2)21-9)7-15-13-5-4-12(17(18)19)6-11(13)8-20-3/h4-6,15H,7-8H2,1-3H3. The molecule has 1 heterocycles. The van der Waals surface area contributed by atoms with Crippen molar-refractivity contribution >= 4 is 22.7 Å². The summed E-state index contributed by atoms with van der Waals surface area (Å²) in [7, 11) is 1.57. The van der Waals surface area contributed by atoms with Gasteiger partial charge < -0.3 is 10.1 Å². The summed E-state index contributed by atoms with van der Waals surface area (Å²) in [4.78, 5) is 16.1. The molecule has 21 heavy (non-hydrogen) atoms. The van der Waals surface area contributed by atoms with Crippen LogP contribution in [0.4, 0.5) is 11.4 Å². The molecular formula is C14H17N3O3S. The summed E-state index contributed by atoms with van der Waals surface area (Å²) >= 11 is 1.66. The Labute approximate surface area is 126 Å². The maximum Gasteiger partial charge on any atom is 0.269 e. The Bertz CT molecular complexity index is 655. The first-order valence-electron chi connectivity index (χ1n) is 6.44. The highest BCUT2D eigenvalue weighted by Crippen LogP contribution is 2.24. The van der Waals surface area contributed by atoms with Crippen molar-refractivity contribution in [3.63, 3.8) is 0 Å². The maximum atomic E-state index is 10.8. The van der Waals surface area contributed by atoms with Crippen LogP contribution in [0.1, 0.15) is 21.1 Å². The molecule has 2 aromatic rings. The Morgan fingerprint density at radius 1 is 1.43 bits per heavy atom. The molecule has 0 spiro atoms. The zero-order valence-corrected chi connectivity index (χ0v) is 13.0. The Morgan fingerprint density at radius 3 is 2.76 bits per heavy atom. The minimum atomic E-state index is -0.406. The molecule has 0 unspecified atom stereocenters. The van der Waals surface area contributed by atoms with Gasteiger partial charge >= 0.3 is 0 Å². The highest BCUT2D eigenvalue weighted by Gasteiger charge is 2.12. The summed E-state index contributed by atoms with van der Waals surface area (Å²) in [6, 6.07) is 4.73. The molecule has 1 aromatic heterocycles. The lowest BCUT2D eigenvalue weighted by atomic mass is 10.1. The zero-order chi connectivity index (χ0) is 15.4. The molecule has 6 nitrogen and oxygen atoms in total. The number of aryl methyl sites for hydroxylation is 2. The van der Waals surface area contributed by atoms with E-state index >= 15 is 0 Å². The molecular weight excluding hydrogens is 290 g/mol. The number of methoxy groups -OCH3 is 1. The molecule has 2 rings (SSSR count). The molecule has 0 aliphatic rings. The van der Waals surface area contributed by atoms with Gasteiger partial charge in [-0.2, -0.15) is 0 Å². The quantitative estimate of drug-likeness (QED) is 0.653. The van der Waals surface area contributed by atoms with E-state index in [1.807, 2.05) is 13.8 Å². The molecule has 0 aliphatic carbocycles. The average Bonchev–Trinajstić information content (AvgIpc) is 2.75. The fourth-order valence-corrected chi connectivity index (χ4v) is 2.89. The number of hydrogen-bond donors (Lipinski definition) is 1. The summed E-state index contributed by atoms with van der Waals surface area (Å²) in [6.45, 7) is 4.92. The Morgan fingerprint density at radius 2 is 2.19 bits per heavy atom. The number of ether oxygens (including phenoxy) is 1. The fraction of sp³-hybridized carbons (Fsp3) is 0.357. The van der Waals surface area contributed by atoms with E-state index in [0.29, 0.717) is 13.2 Å². The van der Waals surface area contributed by atoms with Gasteiger partial charge in [-0.25, -0.2) is 4.98 Å².